The minimum Gasteiger partial charge on any atom is -0.379 e. The van der Waals surface area contributed by atoms with Crippen LogP contribution in [0.2, 0.25) is 0 Å². The normalized spacial score (nSPS) is 28.9. The molecular formula is C31H35N3O3S. The van der Waals surface area contributed by atoms with Crippen molar-refractivity contribution in [1.82, 2.24) is 9.73 Å². The van der Waals surface area contributed by atoms with E-state index in [0.717, 1.165) is 56.8 Å². The van der Waals surface area contributed by atoms with Crippen LogP contribution in [0.15, 0.2) is 94.9 Å². The molecule has 0 unspecified atom stereocenters. The molecule has 0 amide bonds. The predicted octanol–water partition coefficient (Wildman–Crippen LogP) is 5.08. The first kappa shape index (κ1) is 25.3. The van der Waals surface area contributed by atoms with Gasteiger partial charge in [0.1, 0.15) is 0 Å². The number of rotatable bonds is 6. The molecule has 1 saturated heterocycles. The SMILES string of the molecule is Cc1ccc(S(=O)(=O)N/N=C2/CC3(N4CCOCC4)C[C@@H](c4ccccc4)C2[C@H](c2ccccc2)C3)cc1. The Hall–Kier alpha value is -3.00. The van der Waals surface area contributed by atoms with Gasteiger partial charge in [-0.15, -0.1) is 0 Å². The first-order valence-electron chi connectivity index (χ1n) is 13.5. The van der Waals surface area contributed by atoms with Crippen LogP contribution in [0.25, 0.3) is 0 Å². The van der Waals surface area contributed by atoms with Crippen LogP contribution >= 0.6 is 0 Å². The summed E-state index contributed by atoms with van der Waals surface area (Å²) < 4.78 is 32.2. The monoisotopic (exact) mass is 529 g/mol. The molecule has 38 heavy (non-hydrogen) atoms. The van der Waals surface area contributed by atoms with Gasteiger partial charge in [0, 0.05) is 36.7 Å². The van der Waals surface area contributed by atoms with Crippen molar-refractivity contribution in [1.29, 1.82) is 0 Å². The van der Waals surface area contributed by atoms with E-state index in [0.29, 0.717) is 0 Å². The third-order valence-corrected chi connectivity index (χ3v) is 9.96. The fourth-order valence-corrected chi connectivity index (χ4v) is 7.80. The van der Waals surface area contributed by atoms with Crippen molar-refractivity contribution in [3.63, 3.8) is 0 Å². The largest absolute Gasteiger partial charge is 0.379 e. The number of nitrogens with one attached hydrogen (secondary N) is 1. The number of hydrazone groups is 1. The van der Waals surface area contributed by atoms with Gasteiger partial charge in [0.05, 0.1) is 18.1 Å². The summed E-state index contributed by atoms with van der Waals surface area (Å²) in [5, 5.41) is 4.75. The topological polar surface area (TPSA) is 71.0 Å². The van der Waals surface area contributed by atoms with Crippen LogP contribution in [0.3, 0.4) is 0 Å². The molecule has 2 bridgehead atoms. The van der Waals surface area contributed by atoms with Crippen molar-refractivity contribution in [3.8, 4) is 0 Å². The third-order valence-electron chi connectivity index (χ3n) is 8.74. The predicted molar refractivity (Wildman–Crippen MR) is 150 cm³/mol. The zero-order valence-corrected chi connectivity index (χ0v) is 22.6. The lowest BCUT2D eigenvalue weighted by molar-refractivity contribution is -0.0539. The second-order valence-corrected chi connectivity index (χ2v) is 12.6. The molecule has 1 heterocycles. The molecule has 7 heteroatoms. The van der Waals surface area contributed by atoms with E-state index >= 15 is 0 Å². The average Bonchev–Trinajstić information content (AvgIpc) is 2.97. The number of nitrogens with zero attached hydrogens (tertiary/aromatic N) is 2. The molecule has 4 aliphatic rings. The summed E-state index contributed by atoms with van der Waals surface area (Å²) in [4.78, 5) is 5.46. The average molecular weight is 530 g/mol. The lowest BCUT2D eigenvalue weighted by Crippen LogP contribution is -2.63. The number of aryl methyl sites for hydroxylation is 1. The Morgan fingerprint density at radius 2 is 1.39 bits per heavy atom. The summed E-state index contributed by atoms with van der Waals surface area (Å²) in [5.74, 6) is 0.604. The van der Waals surface area contributed by atoms with Gasteiger partial charge in [-0.05, 0) is 54.9 Å². The third kappa shape index (κ3) is 4.79. The Balaban J connectivity index is 1.44. The fourth-order valence-electron chi connectivity index (χ4n) is 6.96. The smallest absolute Gasteiger partial charge is 0.276 e. The molecule has 7 rings (SSSR count). The summed E-state index contributed by atoms with van der Waals surface area (Å²) in [5.41, 5.74) is 4.46. The molecule has 0 spiro atoms. The van der Waals surface area contributed by atoms with Crippen LogP contribution in [0.1, 0.15) is 47.8 Å². The number of ether oxygens (including phenoxy) is 1. The van der Waals surface area contributed by atoms with Crippen LogP contribution in [0.4, 0.5) is 0 Å². The number of hydrogen-bond donors (Lipinski definition) is 1. The van der Waals surface area contributed by atoms with E-state index in [9.17, 15) is 8.42 Å². The quantitative estimate of drug-likeness (QED) is 0.452. The highest BCUT2D eigenvalue weighted by Gasteiger charge is 2.57. The maximum atomic E-state index is 13.2. The van der Waals surface area contributed by atoms with Gasteiger partial charge in [-0.1, -0.05) is 78.4 Å². The minimum absolute atomic E-state index is 0.103. The van der Waals surface area contributed by atoms with E-state index in [-0.39, 0.29) is 28.2 Å². The van der Waals surface area contributed by atoms with Crippen molar-refractivity contribution >= 4 is 15.7 Å². The first-order valence-corrected chi connectivity index (χ1v) is 15.0. The minimum atomic E-state index is -3.77. The van der Waals surface area contributed by atoms with Gasteiger partial charge < -0.3 is 4.74 Å². The number of benzene rings is 3. The van der Waals surface area contributed by atoms with Gasteiger partial charge in [0.2, 0.25) is 0 Å². The standard InChI is InChI=1S/C31H35N3O3S/c1-23-12-14-26(15-13-23)38(35,36)33-32-29-22-31(34-16-18-37-19-17-34)20-27(24-8-4-2-5-9-24)30(29)28(21-31)25-10-6-3-7-11-25/h2-15,27-28,30,33H,16-22H2,1H3/b32-29-/t27-,28-,30?,31?/m0/s1. The highest BCUT2D eigenvalue weighted by Crippen LogP contribution is 2.58. The maximum absolute atomic E-state index is 13.2. The summed E-state index contributed by atoms with van der Waals surface area (Å²) in [6, 6.07) is 28.3. The van der Waals surface area contributed by atoms with E-state index in [1.165, 1.54) is 11.1 Å². The second-order valence-electron chi connectivity index (χ2n) is 11.0. The maximum Gasteiger partial charge on any atom is 0.276 e. The van der Waals surface area contributed by atoms with E-state index in [2.05, 4.69) is 70.4 Å². The Labute approximate surface area is 225 Å². The molecule has 3 aromatic rings. The van der Waals surface area contributed by atoms with E-state index in [4.69, 9.17) is 9.84 Å². The van der Waals surface area contributed by atoms with Crippen LogP contribution in [0.5, 0.6) is 0 Å². The molecule has 4 fully saturated rings. The summed E-state index contributed by atoms with van der Waals surface area (Å²) in [7, 11) is -3.77. The Kier molecular flexibility index (Phi) is 6.84. The Morgan fingerprint density at radius 3 is 1.95 bits per heavy atom. The highest BCUT2D eigenvalue weighted by molar-refractivity contribution is 7.89. The zero-order valence-electron chi connectivity index (χ0n) is 21.8. The lowest BCUT2D eigenvalue weighted by Gasteiger charge is -2.60. The number of hydrogen-bond acceptors (Lipinski definition) is 5. The summed E-state index contributed by atoms with van der Waals surface area (Å²) >= 11 is 0. The molecule has 0 radical (unpaired) electrons. The Bertz CT molecular complexity index is 1340. The van der Waals surface area contributed by atoms with Crippen molar-refractivity contribution in [2.45, 2.75) is 48.5 Å². The van der Waals surface area contributed by atoms with E-state index in [1.54, 1.807) is 12.1 Å². The van der Waals surface area contributed by atoms with Gasteiger partial charge >= 0.3 is 0 Å². The molecule has 3 aliphatic carbocycles. The van der Waals surface area contributed by atoms with Gasteiger partial charge in [-0.3, -0.25) is 4.90 Å². The molecule has 3 saturated carbocycles. The van der Waals surface area contributed by atoms with E-state index in [1.807, 2.05) is 19.1 Å². The number of sulfonamides is 1. The molecule has 1 aliphatic heterocycles. The number of morpholine rings is 1. The molecule has 2 atom stereocenters. The van der Waals surface area contributed by atoms with Crippen LogP contribution in [-0.4, -0.2) is 50.9 Å². The van der Waals surface area contributed by atoms with Crippen LogP contribution in [-0.2, 0) is 14.8 Å². The van der Waals surface area contributed by atoms with E-state index < -0.39 is 10.0 Å². The van der Waals surface area contributed by atoms with Crippen molar-refractivity contribution in [2.24, 2.45) is 11.0 Å². The Morgan fingerprint density at radius 1 is 0.842 bits per heavy atom. The second kappa shape index (κ2) is 10.3. The highest BCUT2D eigenvalue weighted by atomic mass is 32.2. The van der Waals surface area contributed by atoms with Crippen molar-refractivity contribution in [2.75, 3.05) is 26.3 Å². The van der Waals surface area contributed by atoms with Crippen molar-refractivity contribution in [3.05, 3.63) is 102 Å². The molecule has 1 N–H and O–H groups in total. The molecular weight excluding hydrogens is 494 g/mol. The van der Waals surface area contributed by atoms with Gasteiger partial charge in [-0.2, -0.15) is 13.5 Å². The van der Waals surface area contributed by atoms with Gasteiger partial charge in [0.25, 0.3) is 10.0 Å². The molecule has 6 nitrogen and oxygen atoms in total. The fraction of sp³-hybridized carbons (Fsp3) is 0.387. The lowest BCUT2D eigenvalue weighted by atomic mass is 9.52. The molecule has 0 aromatic heterocycles. The van der Waals surface area contributed by atoms with Gasteiger partial charge in [-0.25, -0.2) is 4.83 Å². The molecule has 198 valence electrons. The summed E-state index contributed by atoms with van der Waals surface area (Å²) in [6.45, 7) is 5.17. The van der Waals surface area contributed by atoms with Crippen LogP contribution < -0.4 is 4.83 Å². The zero-order chi connectivity index (χ0) is 26.2. The van der Waals surface area contributed by atoms with Crippen LogP contribution in [0, 0.1) is 12.8 Å². The molecule has 3 aromatic carbocycles. The number of fused-ring (bicyclic) bond motifs is 3. The first-order chi connectivity index (χ1) is 18.5. The van der Waals surface area contributed by atoms with Gasteiger partial charge in [0.15, 0.2) is 0 Å². The summed E-state index contributed by atoms with van der Waals surface area (Å²) in [6.07, 6.45) is 2.84. The van der Waals surface area contributed by atoms with Crippen molar-refractivity contribution < 1.29 is 13.2 Å².